The quantitative estimate of drug-likeness (QED) is 0.397. The third kappa shape index (κ3) is 4.60. The molecule has 0 aliphatic carbocycles. The molecule has 0 radical (unpaired) electrons. The van der Waals surface area contributed by atoms with Gasteiger partial charge in [-0.25, -0.2) is 4.98 Å². The molecule has 1 heterocycles. The number of thiazole rings is 1. The molecular formula is C23H25ClN2O3S. The van der Waals surface area contributed by atoms with E-state index in [0.29, 0.717) is 33.8 Å². The number of carbonyl (C=O) groups excluding carboxylic acids is 1. The van der Waals surface area contributed by atoms with Crippen LogP contribution in [0.15, 0.2) is 42.5 Å². The lowest BCUT2D eigenvalue weighted by molar-refractivity contribution is -0.117. The number of rotatable bonds is 8. The normalized spacial score (nSPS) is 10.7. The Morgan fingerprint density at radius 2 is 1.83 bits per heavy atom. The first-order chi connectivity index (χ1) is 14.5. The van der Waals surface area contributed by atoms with Gasteiger partial charge in [0.15, 0.2) is 5.13 Å². The summed E-state index contributed by atoms with van der Waals surface area (Å²) in [4.78, 5) is 20.6. The Morgan fingerprint density at radius 1 is 1.10 bits per heavy atom. The van der Waals surface area contributed by atoms with Gasteiger partial charge in [-0.15, -0.1) is 11.3 Å². The minimum atomic E-state index is -0.0575. The van der Waals surface area contributed by atoms with Crippen LogP contribution in [0, 0.1) is 0 Å². The van der Waals surface area contributed by atoms with E-state index in [-0.39, 0.29) is 5.91 Å². The minimum absolute atomic E-state index is 0.0575. The van der Waals surface area contributed by atoms with Crippen LogP contribution >= 0.6 is 22.9 Å². The van der Waals surface area contributed by atoms with Gasteiger partial charge in [0.25, 0.3) is 0 Å². The van der Waals surface area contributed by atoms with Gasteiger partial charge in [0, 0.05) is 28.0 Å². The zero-order valence-corrected chi connectivity index (χ0v) is 19.1. The molecule has 0 bridgehead atoms. The topological polar surface area (TPSA) is 51.7 Å². The molecule has 0 aliphatic heterocycles. The summed E-state index contributed by atoms with van der Waals surface area (Å²) in [6, 6.07) is 13.0. The molecule has 0 saturated carbocycles. The fourth-order valence-electron chi connectivity index (χ4n) is 3.14. The van der Waals surface area contributed by atoms with E-state index in [1.807, 2.05) is 43.3 Å². The number of benzene rings is 2. The smallest absolute Gasteiger partial charge is 0.233 e. The van der Waals surface area contributed by atoms with E-state index in [1.54, 1.807) is 25.2 Å². The highest BCUT2D eigenvalue weighted by atomic mass is 35.5. The van der Waals surface area contributed by atoms with Gasteiger partial charge >= 0.3 is 0 Å². The lowest BCUT2D eigenvalue weighted by Crippen LogP contribution is -2.25. The fourth-order valence-corrected chi connectivity index (χ4v) is 4.48. The van der Waals surface area contributed by atoms with Crippen molar-refractivity contribution >= 4 is 39.7 Å². The molecule has 0 unspecified atom stereocenters. The van der Waals surface area contributed by atoms with Crippen LogP contribution in [0.25, 0.3) is 11.3 Å². The third-order valence-corrected chi connectivity index (χ3v) is 6.00. The molecule has 0 atom stereocenters. The second-order valence-corrected chi connectivity index (χ2v) is 8.14. The number of nitrogens with zero attached hydrogens (tertiary/aromatic N) is 2. The molecule has 1 aromatic heterocycles. The van der Waals surface area contributed by atoms with Gasteiger partial charge < -0.3 is 9.47 Å². The number of anilines is 2. The number of hydrogen-bond acceptors (Lipinski definition) is 5. The summed E-state index contributed by atoms with van der Waals surface area (Å²) >= 11 is 7.59. The molecule has 0 aliphatic rings. The first kappa shape index (κ1) is 22.1. The highest BCUT2D eigenvalue weighted by molar-refractivity contribution is 7.16. The highest BCUT2D eigenvalue weighted by Gasteiger charge is 2.25. The van der Waals surface area contributed by atoms with Crippen LogP contribution < -0.4 is 14.4 Å². The Labute approximate surface area is 186 Å². The number of hydrogen-bond donors (Lipinski definition) is 0. The molecule has 0 spiro atoms. The van der Waals surface area contributed by atoms with E-state index < -0.39 is 0 Å². The monoisotopic (exact) mass is 444 g/mol. The molecule has 5 nitrogen and oxygen atoms in total. The molecule has 7 heteroatoms. The summed E-state index contributed by atoms with van der Waals surface area (Å²) in [6.45, 7) is 3.97. The predicted molar refractivity (Wildman–Crippen MR) is 124 cm³/mol. The van der Waals surface area contributed by atoms with Crippen molar-refractivity contribution in [2.75, 3.05) is 19.1 Å². The van der Waals surface area contributed by atoms with Crippen LogP contribution in [-0.4, -0.2) is 25.1 Å². The molecule has 0 N–H and O–H groups in total. The lowest BCUT2D eigenvalue weighted by Gasteiger charge is -2.22. The van der Waals surface area contributed by atoms with E-state index in [1.165, 1.54) is 11.3 Å². The van der Waals surface area contributed by atoms with Gasteiger partial charge in [0.2, 0.25) is 5.91 Å². The van der Waals surface area contributed by atoms with Crippen molar-refractivity contribution in [3.8, 4) is 22.8 Å². The van der Waals surface area contributed by atoms with Crippen molar-refractivity contribution in [3.05, 3.63) is 52.4 Å². The number of halogens is 1. The summed E-state index contributed by atoms with van der Waals surface area (Å²) in [5.41, 5.74) is 2.51. The highest BCUT2D eigenvalue weighted by Crippen LogP contribution is 2.41. The Balaban J connectivity index is 2.15. The standard InChI is InChI=1S/C23H25ClN2O3S/c1-5-7-20-22(15-8-10-16(24)11-9-15)25-23(30-20)26(21(27)6-2)18-13-12-17(28-3)14-19(18)29-4/h8-14H,5-7H2,1-4H3. The van der Waals surface area contributed by atoms with Crippen LogP contribution in [0.4, 0.5) is 10.8 Å². The van der Waals surface area contributed by atoms with Crippen LogP contribution in [0.5, 0.6) is 11.5 Å². The molecule has 1 amide bonds. The number of methoxy groups -OCH3 is 2. The first-order valence-electron chi connectivity index (χ1n) is 9.82. The van der Waals surface area contributed by atoms with E-state index in [0.717, 1.165) is 29.0 Å². The van der Waals surface area contributed by atoms with Crippen molar-refractivity contribution < 1.29 is 14.3 Å². The molecule has 2 aromatic carbocycles. The summed E-state index contributed by atoms with van der Waals surface area (Å²) in [5, 5.41) is 1.30. The summed E-state index contributed by atoms with van der Waals surface area (Å²) in [5.74, 6) is 1.15. The van der Waals surface area contributed by atoms with Crippen molar-refractivity contribution in [1.29, 1.82) is 0 Å². The van der Waals surface area contributed by atoms with Gasteiger partial charge in [-0.3, -0.25) is 9.69 Å². The van der Waals surface area contributed by atoms with Crippen LogP contribution in [0.3, 0.4) is 0 Å². The lowest BCUT2D eigenvalue weighted by atomic mass is 10.1. The van der Waals surface area contributed by atoms with Gasteiger partial charge in [0.05, 0.1) is 25.6 Å². The maximum Gasteiger partial charge on any atom is 0.233 e. The van der Waals surface area contributed by atoms with Gasteiger partial charge in [-0.1, -0.05) is 44.0 Å². The second kappa shape index (κ2) is 9.96. The molecule has 0 fully saturated rings. The van der Waals surface area contributed by atoms with E-state index in [2.05, 4.69) is 6.92 Å². The van der Waals surface area contributed by atoms with E-state index in [9.17, 15) is 4.79 Å². The number of aromatic nitrogens is 1. The Morgan fingerprint density at radius 3 is 2.43 bits per heavy atom. The molecule has 3 rings (SSSR count). The first-order valence-corrected chi connectivity index (χ1v) is 11.0. The van der Waals surface area contributed by atoms with Crippen molar-refractivity contribution in [1.82, 2.24) is 4.98 Å². The maximum atomic E-state index is 13.0. The Hall–Kier alpha value is -2.57. The summed E-state index contributed by atoms with van der Waals surface area (Å²) < 4.78 is 10.9. The molecular weight excluding hydrogens is 420 g/mol. The number of aryl methyl sites for hydroxylation is 1. The fraction of sp³-hybridized carbons (Fsp3) is 0.304. The van der Waals surface area contributed by atoms with Gasteiger partial charge in [-0.2, -0.15) is 0 Å². The average Bonchev–Trinajstić information content (AvgIpc) is 3.18. The number of ether oxygens (including phenoxy) is 2. The van der Waals surface area contributed by atoms with E-state index in [4.69, 9.17) is 26.1 Å². The zero-order chi connectivity index (χ0) is 21.7. The van der Waals surface area contributed by atoms with Crippen LogP contribution in [-0.2, 0) is 11.2 Å². The minimum Gasteiger partial charge on any atom is -0.497 e. The van der Waals surface area contributed by atoms with Gasteiger partial charge in [-0.05, 0) is 30.7 Å². The third-order valence-electron chi connectivity index (χ3n) is 4.65. The van der Waals surface area contributed by atoms with Crippen molar-refractivity contribution in [2.24, 2.45) is 0 Å². The van der Waals surface area contributed by atoms with Crippen molar-refractivity contribution in [3.63, 3.8) is 0 Å². The average molecular weight is 445 g/mol. The predicted octanol–water partition coefficient (Wildman–Crippen LogP) is 6.51. The summed E-state index contributed by atoms with van der Waals surface area (Å²) in [7, 11) is 3.18. The maximum absolute atomic E-state index is 13.0. The largest absolute Gasteiger partial charge is 0.497 e. The molecule has 30 heavy (non-hydrogen) atoms. The molecule has 158 valence electrons. The SMILES string of the molecule is CCCc1sc(N(C(=O)CC)c2ccc(OC)cc2OC)nc1-c1ccc(Cl)cc1. The molecule has 0 saturated heterocycles. The van der Waals surface area contributed by atoms with Gasteiger partial charge in [0.1, 0.15) is 11.5 Å². The van der Waals surface area contributed by atoms with E-state index >= 15 is 0 Å². The Bertz CT molecular complexity index is 1020. The summed E-state index contributed by atoms with van der Waals surface area (Å²) in [6.07, 6.45) is 2.20. The van der Waals surface area contributed by atoms with Crippen molar-refractivity contribution in [2.45, 2.75) is 33.1 Å². The van der Waals surface area contributed by atoms with Crippen LogP contribution in [0.1, 0.15) is 31.6 Å². The van der Waals surface area contributed by atoms with Crippen LogP contribution in [0.2, 0.25) is 5.02 Å². The molecule has 3 aromatic rings. The number of amides is 1. The Kier molecular flexibility index (Phi) is 7.34. The number of carbonyl (C=O) groups is 1. The second-order valence-electron chi connectivity index (χ2n) is 6.65. The zero-order valence-electron chi connectivity index (χ0n) is 17.6.